The molecule has 1 unspecified atom stereocenters. The number of hydrogen-bond acceptors (Lipinski definition) is 2. The van der Waals surface area contributed by atoms with Gasteiger partial charge in [0.05, 0.1) is 0 Å². The number of rotatable bonds is 4. The highest BCUT2D eigenvalue weighted by molar-refractivity contribution is 9.10. The van der Waals surface area contributed by atoms with Crippen molar-refractivity contribution in [3.8, 4) is 0 Å². The molecule has 0 aliphatic heterocycles. The number of hydrogen-bond donors (Lipinski definition) is 2. The molecule has 0 saturated heterocycles. The van der Waals surface area contributed by atoms with Crippen molar-refractivity contribution in [3.63, 3.8) is 0 Å². The zero-order valence-electron chi connectivity index (χ0n) is 10.6. The van der Waals surface area contributed by atoms with Gasteiger partial charge >= 0.3 is 0 Å². The van der Waals surface area contributed by atoms with Gasteiger partial charge in [-0.2, -0.15) is 0 Å². The minimum absolute atomic E-state index is 0.398. The maximum Gasteiger partial charge on any atom is 0.244 e. The number of halogens is 1. The highest BCUT2D eigenvalue weighted by Crippen LogP contribution is 2.23. The fourth-order valence-electron chi connectivity index (χ4n) is 1.86. The number of nitrogens with two attached hydrogens (primary N) is 1. The van der Waals surface area contributed by atoms with E-state index in [-0.39, 0.29) is 0 Å². The molecule has 19 heavy (non-hydrogen) atoms. The van der Waals surface area contributed by atoms with E-state index < -0.39 is 11.9 Å². The average Bonchev–Trinajstić information content (AvgIpc) is 2.39. The maximum atomic E-state index is 11.6. The zero-order chi connectivity index (χ0) is 13.8. The van der Waals surface area contributed by atoms with Crippen molar-refractivity contribution in [3.05, 3.63) is 64.1 Å². The molecular weight excluding hydrogens is 304 g/mol. The largest absolute Gasteiger partial charge is 0.370 e. The molecule has 98 valence electrons. The van der Waals surface area contributed by atoms with Crippen LogP contribution in [0.5, 0.6) is 0 Å². The van der Waals surface area contributed by atoms with Crippen molar-refractivity contribution in [2.24, 2.45) is 5.73 Å². The van der Waals surface area contributed by atoms with Gasteiger partial charge in [0.15, 0.2) is 0 Å². The van der Waals surface area contributed by atoms with Crippen molar-refractivity contribution in [2.45, 2.75) is 13.0 Å². The Kier molecular flexibility index (Phi) is 4.22. The van der Waals surface area contributed by atoms with Gasteiger partial charge in [0.2, 0.25) is 5.91 Å². The number of primary amides is 1. The molecule has 0 radical (unpaired) electrons. The summed E-state index contributed by atoms with van der Waals surface area (Å²) < 4.78 is 0.968. The first-order chi connectivity index (χ1) is 9.08. The second-order valence-electron chi connectivity index (χ2n) is 4.35. The van der Waals surface area contributed by atoms with Crippen LogP contribution in [-0.4, -0.2) is 5.91 Å². The Morgan fingerprint density at radius 1 is 1.16 bits per heavy atom. The van der Waals surface area contributed by atoms with Crippen LogP contribution >= 0.6 is 15.9 Å². The Morgan fingerprint density at radius 2 is 1.79 bits per heavy atom. The summed E-state index contributed by atoms with van der Waals surface area (Å²) in [4.78, 5) is 11.6. The van der Waals surface area contributed by atoms with Crippen LogP contribution in [0.25, 0.3) is 0 Å². The van der Waals surface area contributed by atoms with E-state index in [1.165, 1.54) is 0 Å². The van der Waals surface area contributed by atoms with Crippen LogP contribution in [-0.2, 0) is 4.79 Å². The number of nitrogens with one attached hydrogen (secondary N) is 1. The number of aryl methyl sites for hydroxylation is 1. The van der Waals surface area contributed by atoms with E-state index in [0.717, 1.165) is 21.3 Å². The molecule has 0 heterocycles. The summed E-state index contributed by atoms with van der Waals surface area (Å²) in [6, 6.07) is 14.8. The lowest BCUT2D eigenvalue weighted by molar-refractivity contribution is -0.118. The monoisotopic (exact) mass is 318 g/mol. The smallest absolute Gasteiger partial charge is 0.244 e. The number of para-hydroxylation sites is 1. The van der Waals surface area contributed by atoms with Crippen molar-refractivity contribution in [2.75, 3.05) is 5.32 Å². The third kappa shape index (κ3) is 3.35. The summed E-state index contributed by atoms with van der Waals surface area (Å²) in [7, 11) is 0. The minimum atomic E-state index is -0.533. The molecule has 0 spiro atoms. The van der Waals surface area contributed by atoms with E-state index >= 15 is 0 Å². The summed E-state index contributed by atoms with van der Waals surface area (Å²) in [5.41, 5.74) is 8.32. The van der Waals surface area contributed by atoms with Crippen molar-refractivity contribution in [1.29, 1.82) is 0 Å². The third-order valence-electron chi connectivity index (χ3n) is 2.93. The summed E-state index contributed by atoms with van der Waals surface area (Å²) in [6.07, 6.45) is 0. The number of anilines is 1. The first-order valence-corrected chi connectivity index (χ1v) is 6.74. The summed E-state index contributed by atoms with van der Waals surface area (Å²) in [5.74, 6) is -0.398. The van der Waals surface area contributed by atoms with Crippen molar-refractivity contribution >= 4 is 27.5 Å². The summed E-state index contributed by atoms with van der Waals surface area (Å²) in [6.45, 7) is 1.99. The van der Waals surface area contributed by atoms with Gasteiger partial charge in [0, 0.05) is 10.2 Å². The van der Waals surface area contributed by atoms with Crippen LogP contribution in [0.1, 0.15) is 17.2 Å². The molecule has 1 atom stereocenters. The standard InChI is InChI=1S/C15H15BrN2O/c1-10-4-2-3-5-13(10)18-14(15(17)19)11-6-8-12(16)9-7-11/h2-9,14,18H,1H3,(H2,17,19). The molecule has 4 heteroatoms. The molecule has 1 amide bonds. The van der Waals surface area contributed by atoms with Crippen LogP contribution in [0.2, 0.25) is 0 Å². The van der Waals surface area contributed by atoms with Crippen molar-refractivity contribution in [1.82, 2.24) is 0 Å². The van der Waals surface area contributed by atoms with Crippen LogP contribution in [0, 0.1) is 6.92 Å². The molecule has 3 N–H and O–H groups in total. The Hall–Kier alpha value is -1.81. The second-order valence-corrected chi connectivity index (χ2v) is 5.26. The van der Waals surface area contributed by atoms with Gasteiger partial charge in [-0.1, -0.05) is 46.3 Å². The Bertz CT molecular complexity index is 581. The lowest BCUT2D eigenvalue weighted by Gasteiger charge is -2.18. The lowest BCUT2D eigenvalue weighted by Crippen LogP contribution is -2.27. The molecule has 3 nitrogen and oxygen atoms in total. The summed E-state index contributed by atoms with van der Waals surface area (Å²) in [5, 5.41) is 3.19. The molecule has 0 aromatic heterocycles. The molecule has 0 aliphatic carbocycles. The number of benzene rings is 2. The van der Waals surface area contributed by atoms with Crippen molar-refractivity contribution < 1.29 is 4.79 Å². The van der Waals surface area contributed by atoms with Gasteiger partial charge < -0.3 is 11.1 Å². The number of carbonyl (C=O) groups excluding carboxylic acids is 1. The van der Waals surface area contributed by atoms with Crippen LogP contribution in [0.15, 0.2) is 53.0 Å². The summed E-state index contributed by atoms with van der Waals surface area (Å²) >= 11 is 3.37. The van der Waals surface area contributed by atoms with Gasteiger partial charge in [-0.3, -0.25) is 4.79 Å². The normalized spacial score (nSPS) is 11.9. The number of amides is 1. The fraction of sp³-hybridized carbons (Fsp3) is 0.133. The van der Waals surface area contributed by atoms with Crippen LogP contribution in [0.4, 0.5) is 5.69 Å². The predicted molar refractivity (Wildman–Crippen MR) is 80.9 cm³/mol. The topological polar surface area (TPSA) is 55.1 Å². The van der Waals surface area contributed by atoms with Gasteiger partial charge in [0.25, 0.3) is 0 Å². The zero-order valence-corrected chi connectivity index (χ0v) is 12.1. The first kappa shape index (κ1) is 13.6. The Labute approximate surface area is 121 Å². The minimum Gasteiger partial charge on any atom is -0.370 e. The van der Waals surface area contributed by atoms with E-state index in [1.807, 2.05) is 55.5 Å². The molecule has 0 bridgehead atoms. The highest BCUT2D eigenvalue weighted by atomic mass is 79.9. The van der Waals surface area contributed by atoms with E-state index in [9.17, 15) is 4.79 Å². The average molecular weight is 319 g/mol. The number of carbonyl (C=O) groups is 1. The maximum absolute atomic E-state index is 11.6. The van der Waals surface area contributed by atoms with Gasteiger partial charge in [0.1, 0.15) is 6.04 Å². The van der Waals surface area contributed by atoms with Gasteiger partial charge in [-0.15, -0.1) is 0 Å². The molecule has 2 aromatic rings. The van der Waals surface area contributed by atoms with E-state index in [2.05, 4.69) is 21.2 Å². The Balaban J connectivity index is 2.29. The van der Waals surface area contributed by atoms with E-state index in [4.69, 9.17) is 5.73 Å². The fourth-order valence-corrected chi connectivity index (χ4v) is 2.13. The van der Waals surface area contributed by atoms with E-state index in [1.54, 1.807) is 0 Å². The molecule has 2 aromatic carbocycles. The Morgan fingerprint density at radius 3 is 2.37 bits per heavy atom. The van der Waals surface area contributed by atoms with Crippen LogP contribution in [0.3, 0.4) is 0 Å². The first-order valence-electron chi connectivity index (χ1n) is 5.95. The molecule has 2 rings (SSSR count). The third-order valence-corrected chi connectivity index (χ3v) is 3.46. The SMILES string of the molecule is Cc1ccccc1NC(C(N)=O)c1ccc(Br)cc1. The molecule has 0 aliphatic rings. The second kappa shape index (κ2) is 5.89. The van der Waals surface area contributed by atoms with E-state index in [0.29, 0.717) is 0 Å². The van der Waals surface area contributed by atoms with Gasteiger partial charge in [-0.25, -0.2) is 0 Å². The molecular formula is C15H15BrN2O. The highest BCUT2D eigenvalue weighted by Gasteiger charge is 2.17. The predicted octanol–water partition coefficient (Wildman–Crippen LogP) is 3.40. The lowest BCUT2D eigenvalue weighted by atomic mass is 10.1. The quantitative estimate of drug-likeness (QED) is 0.907. The molecule has 0 saturated carbocycles. The molecule has 0 fully saturated rings. The van der Waals surface area contributed by atoms with Crippen LogP contribution < -0.4 is 11.1 Å². The van der Waals surface area contributed by atoms with Gasteiger partial charge in [-0.05, 0) is 36.2 Å².